The van der Waals surface area contributed by atoms with E-state index in [0.717, 1.165) is 21.7 Å². The molecule has 0 fully saturated rings. The lowest BCUT2D eigenvalue weighted by molar-refractivity contribution is -0.384. The van der Waals surface area contributed by atoms with Crippen LogP contribution in [-0.2, 0) is 6.54 Å². The molecule has 0 unspecified atom stereocenters. The minimum Gasteiger partial charge on any atom is -0.387 e. The molecule has 0 bridgehead atoms. The van der Waals surface area contributed by atoms with E-state index in [1.165, 1.54) is 23.5 Å². The van der Waals surface area contributed by atoms with Crippen molar-refractivity contribution in [1.82, 2.24) is 4.57 Å². The van der Waals surface area contributed by atoms with Crippen LogP contribution in [0.2, 0.25) is 0 Å². The van der Waals surface area contributed by atoms with Gasteiger partial charge in [0.25, 0.3) is 5.69 Å². The molecule has 4 aromatic rings. The largest absolute Gasteiger partial charge is 0.387 e. The van der Waals surface area contributed by atoms with Crippen LogP contribution in [0, 0.1) is 10.1 Å². The zero-order valence-corrected chi connectivity index (χ0v) is 16.8. The molecule has 0 radical (unpaired) electrons. The Morgan fingerprint density at radius 1 is 0.967 bits per heavy atom. The van der Waals surface area contributed by atoms with Gasteiger partial charge in [-0.1, -0.05) is 48.5 Å². The number of hydrogen-bond acceptors (Lipinski definition) is 5. The maximum Gasteiger partial charge on any atom is 0.269 e. The molecule has 0 aliphatic heterocycles. The van der Waals surface area contributed by atoms with Crippen molar-refractivity contribution in [2.45, 2.75) is 12.6 Å². The molecule has 4 rings (SSSR count). The molecule has 150 valence electrons. The SMILES string of the molecule is O=[N+]([O-])c1ccc([C@H](O)Cn2c(-c3ccccc3)csc2=Nc2ccccc2)cc1. The second-order valence-electron chi connectivity index (χ2n) is 6.69. The number of nitro groups is 1. The molecule has 6 nitrogen and oxygen atoms in total. The molecule has 0 aliphatic carbocycles. The van der Waals surface area contributed by atoms with Crippen LogP contribution in [0.3, 0.4) is 0 Å². The fraction of sp³-hybridized carbons (Fsp3) is 0.0870. The van der Waals surface area contributed by atoms with Crippen molar-refractivity contribution in [2.75, 3.05) is 0 Å². The fourth-order valence-electron chi connectivity index (χ4n) is 3.14. The van der Waals surface area contributed by atoms with Gasteiger partial charge in [0.2, 0.25) is 0 Å². The third-order valence-corrected chi connectivity index (χ3v) is 5.56. The van der Waals surface area contributed by atoms with Crippen LogP contribution in [-0.4, -0.2) is 14.6 Å². The van der Waals surface area contributed by atoms with E-state index in [-0.39, 0.29) is 12.2 Å². The van der Waals surface area contributed by atoms with E-state index in [1.54, 1.807) is 12.1 Å². The lowest BCUT2D eigenvalue weighted by atomic mass is 10.1. The molecule has 0 spiro atoms. The number of non-ortho nitro benzene ring substituents is 1. The summed E-state index contributed by atoms with van der Waals surface area (Å²) in [5, 5.41) is 23.8. The van der Waals surface area contributed by atoms with Gasteiger partial charge < -0.3 is 9.67 Å². The highest BCUT2D eigenvalue weighted by Crippen LogP contribution is 2.24. The molecule has 30 heavy (non-hydrogen) atoms. The summed E-state index contributed by atoms with van der Waals surface area (Å²) >= 11 is 1.51. The maximum atomic E-state index is 10.9. The molecule has 7 heteroatoms. The van der Waals surface area contributed by atoms with Crippen LogP contribution >= 0.6 is 11.3 Å². The van der Waals surface area contributed by atoms with Gasteiger partial charge in [0.1, 0.15) is 0 Å². The summed E-state index contributed by atoms with van der Waals surface area (Å²) in [4.78, 5) is 16.0. The summed E-state index contributed by atoms with van der Waals surface area (Å²) in [5.74, 6) is 0. The first-order valence-corrected chi connectivity index (χ1v) is 10.3. The van der Waals surface area contributed by atoms with Crippen LogP contribution in [0.4, 0.5) is 11.4 Å². The Hall–Kier alpha value is -3.55. The Bertz CT molecular complexity index is 1200. The fourth-order valence-corrected chi connectivity index (χ4v) is 4.08. The molecular formula is C23H19N3O3S. The quantitative estimate of drug-likeness (QED) is 0.350. The highest BCUT2D eigenvalue weighted by atomic mass is 32.1. The van der Waals surface area contributed by atoms with E-state index in [9.17, 15) is 15.2 Å². The highest BCUT2D eigenvalue weighted by molar-refractivity contribution is 7.07. The molecule has 1 heterocycles. The number of para-hydroxylation sites is 1. The van der Waals surface area contributed by atoms with E-state index < -0.39 is 11.0 Å². The van der Waals surface area contributed by atoms with Gasteiger partial charge in [-0.3, -0.25) is 10.1 Å². The number of rotatable bonds is 6. The lowest BCUT2D eigenvalue weighted by Gasteiger charge is -2.15. The summed E-state index contributed by atoms with van der Waals surface area (Å²) in [6.07, 6.45) is -0.836. The number of nitrogens with zero attached hydrogens (tertiary/aromatic N) is 3. The molecule has 0 saturated carbocycles. The Morgan fingerprint density at radius 3 is 2.23 bits per heavy atom. The predicted octanol–water partition coefficient (Wildman–Crippen LogP) is 5.09. The second kappa shape index (κ2) is 8.86. The molecule has 3 aromatic carbocycles. The van der Waals surface area contributed by atoms with Crippen molar-refractivity contribution in [2.24, 2.45) is 4.99 Å². The normalized spacial score (nSPS) is 12.6. The van der Waals surface area contributed by atoms with E-state index in [1.807, 2.05) is 70.6 Å². The number of aliphatic hydroxyl groups excluding tert-OH is 1. The average Bonchev–Trinajstić information content (AvgIpc) is 3.17. The summed E-state index contributed by atoms with van der Waals surface area (Å²) in [6, 6.07) is 25.6. The number of aliphatic hydroxyl groups is 1. The third-order valence-electron chi connectivity index (χ3n) is 4.69. The van der Waals surface area contributed by atoms with Crippen molar-refractivity contribution in [3.8, 4) is 11.3 Å². The number of nitro benzene ring substituents is 1. The van der Waals surface area contributed by atoms with Crippen molar-refractivity contribution < 1.29 is 10.0 Å². The molecule has 0 amide bonds. The third kappa shape index (κ3) is 4.37. The zero-order valence-electron chi connectivity index (χ0n) is 16.0. The Labute approximate surface area is 177 Å². The van der Waals surface area contributed by atoms with E-state index in [4.69, 9.17) is 4.99 Å². The van der Waals surface area contributed by atoms with Crippen molar-refractivity contribution in [3.63, 3.8) is 0 Å². The average molecular weight is 417 g/mol. The Balaban J connectivity index is 1.73. The predicted molar refractivity (Wildman–Crippen MR) is 117 cm³/mol. The standard InChI is InChI=1S/C23H19N3O3S/c27-22(18-11-13-20(14-12-18)26(28)29)15-25-21(17-7-3-1-4-8-17)16-30-23(25)24-19-9-5-2-6-10-19/h1-14,16,22,27H,15H2/t22-/m1/s1. The van der Waals surface area contributed by atoms with E-state index >= 15 is 0 Å². The first-order chi connectivity index (χ1) is 14.6. The van der Waals surface area contributed by atoms with Crippen LogP contribution in [0.25, 0.3) is 11.3 Å². The topological polar surface area (TPSA) is 80.7 Å². The molecule has 0 aliphatic rings. The van der Waals surface area contributed by atoms with Gasteiger partial charge in [0.05, 0.1) is 29.0 Å². The number of hydrogen-bond donors (Lipinski definition) is 1. The lowest BCUT2D eigenvalue weighted by Crippen LogP contribution is -2.20. The molecular weight excluding hydrogens is 398 g/mol. The summed E-state index contributed by atoms with van der Waals surface area (Å²) in [7, 11) is 0. The Morgan fingerprint density at radius 2 is 1.60 bits per heavy atom. The molecule has 1 atom stereocenters. The van der Waals surface area contributed by atoms with Gasteiger partial charge in [-0.25, -0.2) is 4.99 Å². The smallest absolute Gasteiger partial charge is 0.269 e. The minimum absolute atomic E-state index is 0.00104. The van der Waals surface area contributed by atoms with E-state index in [2.05, 4.69) is 0 Å². The summed E-state index contributed by atoms with van der Waals surface area (Å²) in [5.41, 5.74) is 3.43. The van der Waals surface area contributed by atoms with Crippen molar-refractivity contribution >= 4 is 22.7 Å². The molecule has 1 N–H and O–H groups in total. The van der Waals surface area contributed by atoms with Gasteiger partial charge in [0, 0.05) is 17.5 Å². The first-order valence-electron chi connectivity index (χ1n) is 9.38. The Kier molecular flexibility index (Phi) is 5.83. The van der Waals surface area contributed by atoms with E-state index in [0.29, 0.717) is 5.56 Å². The van der Waals surface area contributed by atoms with Crippen LogP contribution < -0.4 is 4.80 Å². The summed E-state index contributed by atoms with van der Waals surface area (Å²) in [6.45, 7) is 0.275. The molecule has 0 saturated heterocycles. The van der Waals surface area contributed by atoms with Gasteiger partial charge in [-0.05, 0) is 35.4 Å². The zero-order chi connectivity index (χ0) is 20.9. The van der Waals surface area contributed by atoms with Gasteiger partial charge >= 0.3 is 0 Å². The minimum atomic E-state index is -0.836. The number of benzene rings is 3. The van der Waals surface area contributed by atoms with Crippen LogP contribution in [0.5, 0.6) is 0 Å². The van der Waals surface area contributed by atoms with Gasteiger partial charge in [-0.15, -0.1) is 11.3 Å². The van der Waals surface area contributed by atoms with Gasteiger partial charge in [-0.2, -0.15) is 0 Å². The molecule has 1 aromatic heterocycles. The second-order valence-corrected chi connectivity index (χ2v) is 7.53. The highest BCUT2D eigenvalue weighted by Gasteiger charge is 2.15. The van der Waals surface area contributed by atoms with Crippen molar-refractivity contribution in [1.29, 1.82) is 0 Å². The van der Waals surface area contributed by atoms with Crippen LogP contribution in [0.15, 0.2) is 95.3 Å². The van der Waals surface area contributed by atoms with Crippen LogP contribution in [0.1, 0.15) is 11.7 Å². The first kappa shape index (κ1) is 19.8. The summed E-state index contributed by atoms with van der Waals surface area (Å²) < 4.78 is 1.99. The maximum absolute atomic E-state index is 10.9. The number of aromatic nitrogens is 1. The van der Waals surface area contributed by atoms with Gasteiger partial charge in [0.15, 0.2) is 4.80 Å². The monoisotopic (exact) mass is 417 g/mol. The van der Waals surface area contributed by atoms with Crippen molar-refractivity contribution in [3.05, 3.63) is 111 Å². The number of thiazole rings is 1.